The zero-order valence-electron chi connectivity index (χ0n) is 10.8. The van der Waals surface area contributed by atoms with Crippen LogP contribution in [0.3, 0.4) is 0 Å². The second-order valence-corrected chi connectivity index (χ2v) is 4.11. The average molecular weight is 288 g/mol. The van der Waals surface area contributed by atoms with Gasteiger partial charge in [0, 0.05) is 29.6 Å². The Morgan fingerprint density at radius 2 is 2.05 bits per heavy atom. The van der Waals surface area contributed by atoms with Crippen LogP contribution in [-0.2, 0) is 4.79 Å². The van der Waals surface area contributed by atoms with E-state index >= 15 is 0 Å². The minimum absolute atomic E-state index is 0.218. The maximum Gasteiger partial charge on any atom is 0.341 e. The summed E-state index contributed by atoms with van der Waals surface area (Å²) in [5, 5.41) is 11.1. The van der Waals surface area contributed by atoms with Crippen LogP contribution >= 0.6 is 0 Å². The number of amides is 1. The number of aromatic nitrogens is 1. The van der Waals surface area contributed by atoms with Crippen molar-refractivity contribution in [2.24, 2.45) is 0 Å². The van der Waals surface area contributed by atoms with E-state index in [1.807, 2.05) is 0 Å². The molecule has 0 saturated carbocycles. The number of carboxylic acid groups (broad SMARTS) is 1. The third-order valence-corrected chi connectivity index (χ3v) is 2.49. The Morgan fingerprint density at radius 1 is 1.24 bits per heavy atom. The van der Waals surface area contributed by atoms with E-state index < -0.39 is 18.5 Å². The molecule has 1 heterocycles. The summed E-state index contributed by atoms with van der Waals surface area (Å²) in [6.45, 7) is -0.467. The Morgan fingerprint density at radius 3 is 2.76 bits per heavy atom. The number of pyridine rings is 1. The number of carboxylic acids is 1. The van der Waals surface area contributed by atoms with Crippen molar-refractivity contribution in [2.75, 3.05) is 11.9 Å². The zero-order valence-corrected chi connectivity index (χ0v) is 10.8. The molecule has 0 radical (unpaired) electrons. The highest BCUT2D eigenvalue weighted by atomic mass is 16.5. The number of H-pyrrole nitrogens is 1. The third kappa shape index (κ3) is 4.20. The molecule has 0 aliphatic heterocycles. The molecule has 2 rings (SSSR count). The lowest BCUT2D eigenvalue weighted by atomic mass is 10.2. The van der Waals surface area contributed by atoms with Gasteiger partial charge in [0.15, 0.2) is 6.61 Å². The van der Waals surface area contributed by atoms with Crippen molar-refractivity contribution in [3.8, 4) is 5.75 Å². The SMILES string of the molecule is O=C(O)COc1cccc(NC(=O)c2cc[nH]c(=O)c2)c1. The molecule has 7 nitrogen and oxygen atoms in total. The van der Waals surface area contributed by atoms with Gasteiger partial charge in [-0.1, -0.05) is 6.07 Å². The lowest BCUT2D eigenvalue weighted by Gasteiger charge is -2.07. The molecule has 0 atom stereocenters. The van der Waals surface area contributed by atoms with E-state index in [9.17, 15) is 14.4 Å². The predicted octanol–water partition coefficient (Wildman–Crippen LogP) is 1.09. The van der Waals surface area contributed by atoms with Crippen molar-refractivity contribution in [1.29, 1.82) is 0 Å². The van der Waals surface area contributed by atoms with Crippen molar-refractivity contribution in [2.45, 2.75) is 0 Å². The van der Waals surface area contributed by atoms with Crippen LogP contribution < -0.4 is 15.6 Å². The Kier molecular flexibility index (Phi) is 4.35. The van der Waals surface area contributed by atoms with Gasteiger partial charge < -0.3 is 20.1 Å². The molecular formula is C14H12N2O5. The first-order valence-corrected chi connectivity index (χ1v) is 5.99. The summed E-state index contributed by atoms with van der Waals surface area (Å²) >= 11 is 0. The van der Waals surface area contributed by atoms with Gasteiger partial charge in [-0.05, 0) is 18.2 Å². The fourth-order valence-corrected chi connectivity index (χ4v) is 1.60. The Bertz CT molecular complexity index is 723. The predicted molar refractivity (Wildman–Crippen MR) is 74.6 cm³/mol. The van der Waals surface area contributed by atoms with E-state index in [4.69, 9.17) is 9.84 Å². The first-order chi connectivity index (χ1) is 10.0. The van der Waals surface area contributed by atoms with Crippen molar-refractivity contribution in [3.05, 3.63) is 58.5 Å². The standard InChI is InChI=1S/C14H12N2O5/c17-12-6-9(4-5-15-12)14(20)16-10-2-1-3-11(7-10)21-8-13(18)19/h1-7H,8H2,(H,15,17)(H,16,20)(H,18,19). The number of anilines is 1. The van der Waals surface area contributed by atoms with Gasteiger partial charge in [0.25, 0.3) is 5.91 Å². The second-order valence-electron chi connectivity index (χ2n) is 4.11. The summed E-state index contributed by atoms with van der Waals surface area (Å²) in [7, 11) is 0. The molecule has 0 bridgehead atoms. The van der Waals surface area contributed by atoms with Gasteiger partial charge >= 0.3 is 5.97 Å². The van der Waals surface area contributed by atoms with Crippen LogP contribution in [0.4, 0.5) is 5.69 Å². The van der Waals surface area contributed by atoms with Gasteiger partial charge in [0.2, 0.25) is 5.56 Å². The quantitative estimate of drug-likeness (QED) is 0.763. The number of ether oxygens (including phenoxy) is 1. The number of hydrogen-bond donors (Lipinski definition) is 3. The van der Waals surface area contributed by atoms with Gasteiger partial charge in [-0.3, -0.25) is 9.59 Å². The number of rotatable bonds is 5. The summed E-state index contributed by atoms with van der Waals surface area (Å²) in [5.41, 5.74) is 0.278. The van der Waals surface area contributed by atoms with Crippen molar-refractivity contribution < 1.29 is 19.4 Å². The highest BCUT2D eigenvalue weighted by Gasteiger charge is 2.07. The monoisotopic (exact) mass is 288 g/mol. The molecule has 1 aromatic heterocycles. The highest BCUT2D eigenvalue weighted by Crippen LogP contribution is 2.17. The van der Waals surface area contributed by atoms with Crippen LogP contribution in [0.2, 0.25) is 0 Å². The van der Waals surface area contributed by atoms with Crippen LogP contribution in [0, 0.1) is 0 Å². The van der Waals surface area contributed by atoms with Crippen molar-refractivity contribution in [1.82, 2.24) is 4.98 Å². The Labute approximate surface area is 119 Å². The fraction of sp³-hybridized carbons (Fsp3) is 0.0714. The van der Waals surface area contributed by atoms with Crippen LogP contribution in [0.25, 0.3) is 0 Å². The number of hydrogen-bond acceptors (Lipinski definition) is 4. The molecule has 1 amide bonds. The van der Waals surface area contributed by atoms with Crippen LogP contribution in [0.15, 0.2) is 47.4 Å². The van der Waals surface area contributed by atoms with Gasteiger partial charge in [-0.2, -0.15) is 0 Å². The normalized spacial score (nSPS) is 9.90. The molecular weight excluding hydrogens is 276 g/mol. The summed E-state index contributed by atoms with van der Waals surface area (Å²) in [4.78, 5) is 35.9. The van der Waals surface area contributed by atoms with E-state index in [2.05, 4.69) is 10.3 Å². The highest BCUT2D eigenvalue weighted by molar-refractivity contribution is 6.04. The number of nitrogens with one attached hydrogen (secondary N) is 2. The molecule has 0 aliphatic rings. The van der Waals surface area contributed by atoms with Crippen LogP contribution in [0.1, 0.15) is 10.4 Å². The van der Waals surface area contributed by atoms with Crippen LogP contribution in [-0.4, -0.2) is 28.6 Å². The maximum absolute atomic E-state index is 11.9. The maximum atomic E-state index is 11.9. The average Bonchev–Trinajstić information content (AvgIpc) is 2.45. The first-order valence-electron chi connectivity index (χ1n) is 5.99. The summed E-state index contributed by atoms with van der Waals surface area (Å²) < 4.78 is 5.01. The minimum atomic E-state index is -1.09. The number of carbonyl (C=O) groups is 2. The van der Waals surface area contributed by atoms with Gasteiger partial charge in [0.05, 0.1) is 0 Å². The number of benzene rings is 1. The summed E-state index contributed by atoms with van der Waals surface area (Å²) in [5.74, 6) is -1.22. The molecule has 0 spiro atoms. The Hall–Kier alpha value is -3.09. The summed E-state index contributed by atoms with van der Waals surface area (Å²) in [6.07, 6.45) is 1.38. The molecule has 0 fully saturated rings. The molecule has 0 unspecified atom stereocenters. The van der Waals surface area contributed by atoms with E-state index in [1.165, 1.54) is 24.4 Å². The number of aromatic amines is 1. The van der Waals surface area contributed by atoms with E-state index in [0.717, 1.165) is 0 Å². The lowest BCUT2D eigenvalue weighted by molar-refractivity contribution is -0.139. The fourth-order valence-electron chi connectivity index (χ4n) is 1.60. The van der Waals surface area contributed by atoms with Crippen LogP contribution in [0.5, 0.6) is 5.75 Å². The van der Waals surface area contributed by atoms with Gasteiger partial charge in [-0.15, -0.1) is 0 Å². The smallest absolute Gasteiger partial charge is 0.341 e. The third-order valence-electron chi connectivity index (χ3n) is 2.49. The molecule has 0 aliphatic carbocycles. The largest absolute Gasteiger partial charge is 0.482 e. The second kappa shape index (κ2) is 6.38. The number of aliphatic carboxylic acids is 1. The molecule has 3 N–H and O–H groups in total. The molecule has 7 heteroatoms. The molecule has 2 aromatic rings. The van der Waals surface area contributed by atoms with E-state index in [0.29, 0.717) is 11.4 Å². The van der Waals surface area contributed by atoms with Crippen molar-refractivity contribution in [3.63, 3.8) is 0 Å². The lowest BCUT2D eigenvalue weighted by Crippen LogP contribution is -2.15. The van der Waals surface area contributed by atoms with E-state index in [-0.39, 0.29) is 11.1 Å². The van der Waals surface area contributed by atoms with Crippen molar-refractivity contribution >= 4 is 17.6 Å². The minimum Gasteiger partial charge on any atom is -0.482 e. The topological polar surface area (TPSA) is 108 Å². The first kappa shape index (κ1) is 14.3. The summed E-state index contributed by atoms with van der Waals surface area (Å²) in [6, 6.07) is 8.96. The van der Waals surface area contributed by atoms with Gasteiger partial charge in [0.1, 0.15) is 5.75 Å². The molecule has 1 aromatic carbocycles. The number of carbonyl (C=O) groups excluding carboxylic acids is 1. The molecule has 108 valence electrons. The Balaban J connectivity index is 2.09. The molecule has 0 saturated heterocycles. The van der Waals surface area contributed by atoms with E-state index in [1.54, 1.807) is 18.2 Å². The zero-order chi connectivity index (χ0) is 15.2. The molecule has 21 heavy (non-hydrogen) atoms. The van der Waals surface area contributed by atoms with Gasteiger partial charge in [-0.25, -0.2) is 4.79 Å².